The molecule has 0 atom stereocenters. The molecule has 0 aliphatic carbocycles. The van der Waals surface area contributed by atoms with Crippen LogP contribution < -0.4 is 10.5 Å². The predicted octanol–water partition coefficient (Wildman–Crippen LogP) is 4.51. The van der Waals surface area contributed by atoms with Crippen LogP contribution in [0.2, 0.25) is 10.0 Å². The second-order valence-electron chi connectivity index (χ2n) is 3.39. The van der Waals surface area contributed by atoms with Crippen molar-refractivity contribution in [3.05, 3.63) is 52.3 Å². The second-order valence-corrected chi connectivity index (χ2v) is 4.26. The van der Waals surface area contributed by atoms with Crippen molar-refractivity contribution in [1.82, 2.24) is 0 Å². The molecule has 0 aliphatic heterocycles. The van der Waals surface area contributed by atoms with E-state index in [0.29, 0.717) is 21.5 Å². The monoisotopic (exact) mass is 271 g/mol. The molecule has 2 rings (SSSR count). The summed E-state index contributed by atoms with van der Waals surface area (Å²) in [6, 6.07) is 8.59. The predicted molar refractivity (Wildman–Crippen MR) is 67.3 cm³/mol. The number of halogens is 3. The van der Waals surface area contributed by atoms with Gasteiger partial charge in [-0.2, -0.15) is 0 Å². The SMILES string of the molecule is Nc1ccc(F)cc1Oc1cc(Cl)cc(Cl)c1. The van der Waals surface area contributed by atoms with Crippen LogP contribution in [-0.2, 0) is 0 Å². The van der Waals surface area contributed by atoms with Crippen LogP contribution in [0.4, 0.5) is 10.1 Å². The zero-order chi connectivity index (χ0) is 12.4. The molecule has 5 heteroatoms. The maximum atomic E-state index is 13.0. The largest absolute Gasteiger partial charge is 0.455 e. The Bertz CT molecular complexity index is 540. The van der Waals surface area contributed by atoms with E-state index < -0.39 is 5.82 Å². The first-order valence-electron chi connectivity index (χ1n) is 4.73. The highest BCUT2D eigenvalue weighted by atomic mass is 35.5. The van der Waals surface area contributed by atoms with Gasteiger partial charge in [0.1, 0.15) is 11.6 Å². The Kier molecular flexibility index (Phi) is 3.41. The van der Waals surface area contributed by atoms with Crippen molar-refractivity contribution in [2.45, 2.75) is 0 Å². The van der Waals surface area contributed by atoms with Crippen molar-refractivity contribution in [2.24, 2.45) is 0 Å². The third-order valence-corrected chi connectivity index (χ3v) is 2.48. The summed E-state index contributed by atoms with van der Waals surface area (Å²) in [4.78, 5) is 0. The summed E-state index contributed by atoms with van der Waals surface area (Å²) in [6.07, 6.45) is 0. The lowest BCUT2D eigenvalue weighted by Gasteiger charge is -2.09. The van der Waals surface area contributed by atoms with Crippen LogP contribution in [-0.4, -0.2) is 0 Å². The van der Waals surface area contributed by atoms with Crippen molar-refractivity contribution in [1.29, 1.82) is 0 Å². The number of hydrogen-bond donors (Lipinski definition) is 1. The minimum absolute atomic E-state index is 0.225. The Morgan fingerprint density at radius 3 is 2.29 bits per heavy atom. The van der Waals surface area contributed by atoms with Crippen LogP contribution in [0.5, 0.6) is 11.5 Å². The molecule has 2 aromatic rings. The number of nitrogen functional groups attached to an aromatic ring is 1. The average Bonchev–Trinajstić information content (AvgIpc) is 2.22. The van der Waals surface area contributed by atoms with Gasteiger partial charge in [0, 0.05) is 16.1 Å². The summed E-state index contributed by atoms with van der Waals surface area (Å²) < 4.78 is 18.4. The Morgan fingerprint density at radius 2 is 1.65 bits per heavy atom. The molecule has 0 aromatic heterocycles. The Labute approximate surface area is 108 Å². The zero-order valence-electron chi connectivity index (χ0n) is 8.58. The van der Waals surface area contributed by atoms with Gasteiger partial charge in [0.15, 0.2) is 5.75 Å². The number of ether oxygens (including phenoxy) is 1. The lowest BCUT2D eigenvalue weighted by Crippen LogP contribution is -1.93. The van der Waals surface area contributed by atoms with Crippen molar-refractivity contribution in [3.63, 3.8) is 0 Å². The fourth-order valence-corrected chi connectivity index (χ4v) is 1.82. The van der Waals surface area contributed by atoms with Gasteiger partial charge in [0.2, 0.25) is 0 Å². The third kappa shape index (κ3) is 3.02. The van der Waals surface area contributed by atoms with Crippen molar-refractivity contribution in [2.75, 3.05) is 5.73 Å². The Morgan fingerprint density at radius 1 is 1.00 bits per heavy atom. The highest BCUT2D eigenvalue weighted by molar-refractivity contribution is 6.34. The van der Waals surface area contributed by atoms with Gasteiger partial charge in [-0.05, 0) is 30.3 Å². The van der Waals surface area contributed by atoms with E-state index in [1.165, 1.54) is 18.2 Å². The van der Waals surface area contributed by atoms with E-state index in [1.807, 2.05) is 0 Å². The molecular formula is C12H8Cl2FNO. The van der Waals surface area contributed by atoms with E-state index in [4.69, 9.17) is 33.7 Å². The molecule has 2 aromatic carbocycles. The molecule has 0 heterocycles. The summed E-state index contributed by atoms with van der Waals surface area (Å²) in [5.74, 6) is 0.199. The van der Waals surface area contributed by atoms with Crippen molar-refractivity contribution < 1.29 is 9.13 Å². The topological polar surface area (TPSA) is 35.2 Å². The smallest absolute Gasteiger partial charge is 0.153 e. The van der Waals surface area contributed by atoms with Crippen LogP contribution in [0.3, 0.4) is 0 Å². The van der Waals surface area contributed by atoms with Gasteiger partial charge < -0.3 is 10.5 Å². The number of anilines is 1. The highest BCUT2D eigenvalue weighted by Crippen LogP contribution is 2.31. The summed E-state index contributed by atoms with van der Waals surface area (Å²) in [7, 11) is 0. The molecule has 0 saturated carbocycles. The van der Waals surface area contributed by atoms with Gasteiger partial charge in [-0.15, -0.1) is 0 Å². The summed E-state index contributed by atoms with van der Waals surface area (Å²) >= 11 is 11.6. The van der Waals surface area contributed by atoms with E-state index >= 15 is 0 Å². The quantitative estimate of drug-likeness (QED) is 0.816. The molecule has 17 heavy (non-hydrogen) atoms. The zero-order valence-corrected chi connectivity index (χ0v) is 10.1. The second kappa shape index (κ2) is 4.82. The van der Waals surface area contributed by atoms with Crippen molar-refractivity contribution >= 4 is 28.9 Å². The number of rotatable bonds is 2. The Hall–Kier alpha value is -1.45. The average molecular weight is 272 g/mol. The van der Waals surface area contributed by atoms with Gasteiger partial charge in [0.25, 0.3) is 0 Å². The molecular weight excluding hydrogens is 264 g/mol. The molecule has 0 saturated heterocycles. The number of benzene rings is 2. The van der Waals surface area contributed by atoms with E-state index in [2.05, 4.69) is 0 Å². The first kappa shape index (κ1) is 12.0. The third-order valence-electron chi connectivity index (χ3n) is 2.04. The fourth-order valence-electron chi connectivity index (χ4n) is 1.31. The lowest BCUT2D eigenvalue weighted by molar-refractivity contribution is 0.479. The molecule has 0 radical (unpaired) electrons. The molecule has 2 N–H and O–H groups in total. The van der Waals surface area contributed by atoms with E-state index in [9.17, 15) is 4.39 Å². The maximum Gasteiger partial charge on any atom is 0.153 e. The number of hydrogen-bond acceptors (Lipinski definition) is 2. The van der Waals surface area contributed by atoms with Gasteiger partial charge >= 0.3 is 0 Å². The molecule has 0 amide bonds. The van der Waals surface area contributed by atoms with Crippen LogP contribution in [0.1, 0.15) is 0 Å². The van der Waals surface area contributed by atoms with Gasteiger partial charge in [-0.25, -0.2) is 4.39 Å². The van der Waals surface area contributed by atoms with Crippen molar-refractivity contribution in [3.8, 4) is 11.5 Å². The number of nitrogens with two attached hydrogens (primary N) is 1. The van der Waals surface area contributed by atoms with Crippen LogP contribution in [0.25, 0.3) is 0 Å². The van der Waals surface area contributed by atoms with Crippen LogP contribution in [0, 0.1) is 5.82 Å². The first-order chi connectivity index (χ1) is 8.04. The Balaban J connectivity index is 2.34. The van der Waals surface area contributed by atoms with E-state index in [1.54, 1.807) is 18.2 Å². The maximum absolute atomic E-state index is 13.0. The highest BCUT2D eigenvalue weighted by Gasteiger charge is 2.05. The lowest BCUT2D eigenvalue weighted by atomic mass is 10.3. The molecule has 0 unspecified atom stereocenters. The first-order valence-corrected chi connectivity index (χ1v) is 5.49. The molecule has 0 bridgehead atoms. The van der Waals surface area contributed by atoms with Gasteiger partial charge in [0.05, 0.1) is 5.69 Å². The van der Waals surface area contributed by atoms with Gasteiger partial charge in [-0.1, -0.05) is 23.2 Å². The van der Waals surface area contributed by atoms with E-state index in [0.717, 1.165) is 0 Å². The molecule has 88 valence electrons. The molecule has 2 nitrogen and oxygen atoms in total. The standard InChI is InChI=1S/C12H8Cl2FNO/c13-7-3-8(14)5-10(4-7)17-12-6-9(15)1-2-11(12)16/h1-6H,16H2. The molecule has 0 fully saturated rings. The van der Waals surface area contributed by atoms with Gasteiger partial charge in [-0.3, -0.25) is 0 Å². The van der Waals surface area contributed by atoms with Crippen LogP contribution in [0.15, 0.2) is 36.4 Å². The summed E-state index contributed by atoms with van der Waals surface area (Å²) in [5.41, 5.74) is 5.99. The minimum atomic E-state index is -0.428. The molecule has 0 spiro atoms. The van der Waals surface area contributed by atoms with E-state index in [-0.39, 0.29) is 5.75 Å². The summed E-state index contributed by atoms with van der Waals surface area (Å²) in [6.45, 7) is 0. The molecule has 0 aliphatic rings. The fraction of sp³-hybridized carbons (Fsp3) is 0. The minimum Gasteiger partial charge on any atom is -0.455 e. The van der Waals surface area contributed by atoms with Crippen LogP contribution >= 0.6 is 23.2 Å². The summed E-state index contributed by atoms with van der Waals surface area (Å²) in [5, 5.41) is 0.866. The normalized spacial score (nSPS) is 10.3.